The van der Waals surface area contributed by atoms with E-state index in [0.29, 0.717) is 0 Å². The largest absolute Gasteiger partial charge is 0.287 e. The van der Waals surface area contributed by atoms with Gasteiger partial charge in [0.15, 0.2) is 0 Å². The third-order valence-electron chi connectivity index (χ3n) is 2.88. The second kappa shape index (κ2) is 4.67. The quantitative estimate of drug-likeness (QED) is 0.628. The van der Waals surface area contributed by atoms with Crippen LogP contribution < -0.4 is 0 Å². The Bertz CT molecular complexity index is 673. The first-order valence-electron chi connectivity index (χ1n) is 5.90. The molecule has 2 aromatic heterocycles. The zero-order chi connectivity index (χ0) is 12.5. The standard InChI is InChI=1S/C15H12OS2/c1-2-11-7-8-13(17-11)15(16)14-9-10-5-3-4-6-12(10)18-14/h3-9H,2H2,1H3. The van der Waals surface area contributed by atoms with Crippen LogP contribution in [0.2, 0.25) is 0 Å². The Morgan fingerprint density at radius 2 is 1.89 bits per heavy atom. The number of benzene rings is 1. The van der Waals surface area contributed by atoms with E-state index in [1.807, 2.05) is 30.3 Å². The lowest BCUT2D eigenvalue weighted by Crippen LogP contribution is -1.93. The lowest BCUT2D eigenvalue weighted by molar-refractivity contribution is 0.104. The molecule has 0 saturated carbocycles. The molecule has 0 bridgehead atoms. The maximum Gasteiger partial charge on any atom is 0.212 e. The average molecular weight is 272 g/mol. The lowest BCUT2D eigenvalue weighted by Gasteiger charge is -1.91. The fraction of sp³-hybridized carbons (Fsp3) is 0.133. The number of thiophene rings is 2. The third kappa shape index (κ3) is 2.00. The van der Waals surface area contributed by atoms with Gasteiger partial charge in [-0.15, -0.1) is 22.7 Å². The van der Waals surface area contributed by atoms with E-state index in [1.54, 1.807) is 22.7 Å². The average Bonchev–Trinajstić information content (AvgIpc) is 3.04. The molecule has 1 nitrogen and oxygen atoms in total. The molecule has 0 atom stereocenters. The van der Waals surface area contributed by atoms with E-state index in [4.69, 9.17) is 0 Å². The minimum absolute atomic E-state index is 0.154. The Kier molecular flexibility index (Phi) is 3.02. The van der Waals surface area contributed by atoms with E-state index < -0.39 is 0 Å². The van der Waals surface area contributed by atoms with Gasteiger partial charge in [0, 0.05) is 9.58 Å². The van der Waals surface area contributed by atoms with Crippen LogP contribution in [0, 0.1) is 0 Å². The van der Waals surface area contributed by atoms with Crippen LogP contribution in [0.3, 0.4) is 0 Å². The zero-order valence-electron chi connectivity index (χ0n) is 9.97. The number of ketones is 1. The maximum absolute atomic E-state index is 12.4. The highest BCUT2D eigenvalue weighted by Crippen LogP contribution is 2.29. The Hall–Kier alpha value is -1.45. The first kappa shape index (κ1) is 11.6. The van der Waals surface area contributed by atoms with Gasteiger partial charge in [0.25, 0.3) is 0 Å². The van der Waals surface area contributed by atoms with Crippen LogP contribution in [0.5, 0.6) is 0 Å². The molecule has 3 rings (SSSR count). The van der Waals surface area contributed by atoms with Gasteiger partial charge in [-0.2, -0.15) is 0 Å². The van der Waals surface area contributed by atoms with E-state index in [9.17, 15) is 4.79 Å². The van der Waals surface area contributed by atoms with Crippen molar-refractivity contribution in [2.75, 3.05) is 0 Å². The summed E-state index contributed by atoms with van der Waals surface area (Å²) in [7, 11) is 0. The minimum atomic E-state index is 0.154. The summed E-state index contributed by atoms with van der Waals surface area (Å²) in [5.41, 5.74) is 0. The van der Waals surface area contributed by atoms with Crippen molar-refractivity contribution in [3.8, 4) is 0 Å². The fourth-order valence-corrected chi connectivity index (χ4v) is 3.89. The molecule has 1 aromatic carbocycles. The highest BCUT2D eigenvalue weighted by atomic mass is 32.1. The molecule has 18 heavy (non-hydrogen) atoms. The number of rotatable bonds is 3. The number of carbonyl (C=O) groups is 1. The molecule has 0 aliphatic heterocycles. The van der Waals surface area contributed by atoms with Gasteiger partial charge in [-0.3, -0.25) is 4.79 Å². The lowest BCUT2D eigenvalue weighted by atomic mass is 10.2. The summed E-state index contributed by atoms with van der Waals surface area (Å²) in [6.45, 7) is 2.11. The molecular formula is C15H12OS2. The van der Waals surface area contributed by atoms with Crippen molar-refractivity contribution in [3.05, 3.63) is 57.1 Å². The first-order valence-corrected chi connectivity index (χ1v) is 7.53. The van der Waals surface area contributed by atoms with Crippen molar-refractivity contribution < 1.29 is 4.79 Å². The van der Waals surface area contributed by atoms with E-state index in [0.717, 1.165) is 21.6 Å². The van der Waals surface area contributed by atoms with Crippen LogP contribution in [0.25, 0.3) is 10.1 Å². The molecule has 3 aromatic rings. The molecule has 0 aliphatic rings. The van der Waals surface area contributed by atoms with Crippen LogP contribution >= 0.6 is 22.7 Å². The van der Waals surface area contributed by atoms with Crippen molar-refractivity contribution in [2.24, 2.45) is 0 Å². The van der Waals surface area contributed by atoms with Gasteiger partial charge in [-0.25, -0.2) is 0 Å². The van der Waals surface area contributed by atoms with Crippen molar-refractivity contribution in [1.29, 1.82) is 0 Å². The maximum atomic E-state index is 12.4. The molecule has 0 radical (unpaired) electrons. The number of hydrogen-bond donors (Lipinski definition) is 0. The second-order valence-corrected chi connectivity index (χ2v) is 6.35. The summed E-state index contributed by atoms with van der Waals surface area (Å²) in [6, 6.07) is 14.1. The minimum Gasteiger partial charge on any atom is -0.287 e. The molecule has 0 saturated heterocycles. The summed E-state index contributed by atoms with van der Waals surface area (Å²) < 4.78 is 1.17. The molecule has 2 heterocycles. The van der Waals surface area contributed by atoms with Gasteiger partial charge in [0.05, 0.1) is 9.75 Å². The highest BCUT2D eigenvalue weighted by Gasteiger charge is 2.14. The fourth-order valence-electron chi connectivity index (χ4n) is 1.91. The summed E-state index contributed by atoms with van der Waals surface area (Å²) in [4.78, 5) is 15.3. The van der Waals surface area contributed by atoms with E-state index in [-0.39, 0.29) is 5.78 Å². The van der Waals surface area contributed by atoms with Crippen LogP contribution in [0.15, 0.2) is 42.5 Å². The van der Waals surface area contributed by atoms with E-state index in [1.165, 1.54) is 9.58 Å². The summed E-state index contributed by atoms with van der Waals surface area (Å²) in [5.74, 6) is 0.154. The third-order valence-corrected chi connectivity index (χ3v) is 5.23. The van der Waals surface area contributed by atoms with Gasteiger partial charge in [0.1, 0.15) is 0 Å². The van der Waals surface area contributed by atoms with E-state index in [2.05, 4.69) is 19.1 Å². The normalized spacial score (nSPS) is 10.9. The van der Waals surface area contributed by atoms with Crippen molar-refractivity contribution in [2.45, 2.75) is 13.3 Å². The zero-order valence-corrected chi connectivity index (χ0v) is 11.6. The Morgan fingerprint density at radius 3 is 2.61 bits per heavy atom. The predicted octanol–water partition coefficient (Wildman–Crippen LogP) is 4.76. The van der Waals surface area contributed by atoms with E-state index >= 15 is 0 Å². The Morgan fingerprint density at radius 1 is 1.06 bits per heavy atom. The van der Waals surface area contributed by atoms with Crippen LogP contribution in [-0.2, 0) is 6.42 Å². The molecule has 0 fully saturated rings. The number of hydrogen-bond acceptors (Lipinski definition) is 3. The van der Waals surface area contributed by atoms with Gasteiger partial charge >= 0.3 is 0 Å². The summed E-state index contributed by atoms with van der Waals surface area (Å²) >= 11 is 3.18. The van der Waals surface area contributed by atoms with Gasteiger partial charge in [-0.1, -0.05) is 25.1 Å². The molecule has 0 N–H and O–H groups in total. The van der Waals surface area contributed by atoms with Crippen LogP contribution in [0.4, 0.5) is 0 Å². The number of fused-ring (bicyclic) bond motifs is 1. The first-order chi connectivity index (χ1) is 8.78. The molecule has 0 unspecified atom stereocenters. The molecule has 0 aliphatic carbocycles. The Labute approximate surface area is 114 Å². The van der Waals surface area contributed by atoms with Gasteiger partial charge in [-0.05, 0) is 36.1 Å². The Balaban J connectivity index is 2.00. The molecule has 3 heteroatoms. The van der Waals surface area contributed by atoms with Gasteiger partial charge < -0.3 is 0 Å². The predicted molar refractivity (Wildman–Crippen MR) is 79.0 cm³/mol. The number of aryl methyl sites for hydroxylation is 1. The SMILES string of the molecule is CCc1ccc(C(=O)c2cc3ccccc3s2)s1. The van der Waals surface area contributed by atoms with Crippen molar-refractivity contribution in [1.82, 2.24) is 0 Å². The van der Waals surface area contributed by atoms with Crippen molar-refractivity contribution >= 4 is 38.5 Å². The summed E-state index contributed by atoms with van der Waals surface area (Å²) in [6.07, 6.45) is 0.990. The molecule has 0 amide bonds. The van der Waals surface area contributed by atoms with Gasteiger partial charge in [0.2, 0.25) is 5.78 Å². The summed E-state index contributed by atoms with van der Waals surface area (Å²) in [5, 5.41) is 1.15. The smallest absolute Gasteiger partial charge is 0.212 e. The highest BCUT2D eigenvalue weighted by molar-refractivity contribution is 7.22. The molecule has 90 valence electrons. The molecule has 0 spiro atoms. The van der Waals surface area contributed by atoms with Crippen LogP contribution in [0.1, 0.15) is 26.3 Å². The topological polar surface area (TPSA) is 17.1 Å². The number of carbonyl (C=O) groups excluding carboxylic acids is 1. The monoisotopic (exact) mass is 272 g/mol. The van der Waals surface area contributed by atoms with Crippen molar-refractivity contribution in [3.63, 3.8) is 0 Å². The van der Waals surface area contributed by atoms with Crippen LogP contribution in [-0.4, -0.2) is 5.78 Å². The molecular weight excluding hydrogens is 260 g/mol. The second-order valence-electron chi connectivity index (χ2n) is 4.10.